The Morgan fingerprint density at radius 3 is 2.95 bits per heavy atom. The van der Waals surface area contributed by atoms with Crippen LogP contribution in [0.4, 0.5) is 10.1 Å². The molecule has 0 radical (unpaired) electrons. The topological polar surface area (TPSA) is 55.1 Å². The summed E-state index contributed by atoms with van der Waals surface area (Å²) in [7, 11) is 0. The normalized spacial score (nSPS) is 9.75. The number of carbonyl (C=O) groups is 1. The van der Waals surface area contributed by atoms with E-state index in [1.54, 1.807) is 12.1 Å². The van der Waals surface area contributed by atoms with Gasteiger partial charge in [0, 0.05) is 0 Å². The summed E-state index contributed by atoms with van der Waals surface area (Å²) in [6.45, 7) is 0.262. The van der Waals surface area contributed by atoms with Crippen molar-refractivity contribution in [3.63, 3.8) is 0 Å². The first-order valence-corrected chi connectivity index (χ1v) is 6.85. The number of halogens is 2. The summed E-state index contributed by atoms with van der Waals surface area (Å²) in [4.78, 5) is 13.2. The van der Waals surface area contributed by atoms with E-state index >= 15 is 0 Å². The third-order valence-corrected chi connectivity index (χ3v) is 3.65. The lowest BCUT2D eigenvalue weighted by atomic mass is 10.3. The minimum absolute atomic E-state index is 0.236. The third kappa shape index (κ3) is 3.58. The van der Waals surface area contributed by atoms with Crippen LogP contribution < -0.4 is 11.1 Å². The highest BCUT2D eigenvalue weighted by Crippen LogP contribution is 2.24. The number of benzene rings is 1. The Balaban J connectivity index is 2.15. The van der Waals surface area contributed by atoms with Crippen LogP contribution in [0.3, 0.4) is 0 Å². The van der Waals surface area contributed by atoms with Crippen molar-refractivity contribution in [1.82, 2.24) is 0 Å². The Morgan fingerprint density at radius 1 is 1.40 bits per heavy atom. The molecule has 6 heteroatoms. The number of carbonyl (C=O) groups excluding carboxylic acids is 1. The Bertz CT molecular complexity index is 703. The minimum Gasteiger partial charge on any atom is -0.320 e. The summed E-state index contributed by atoms with van der Waals surface area (Å²) in [6.07, 6.45) is 0. The smallest absolute Gasteiger partial charge is 0.265 e. The number of amides is 1. The summed E-state index contributed by atoms with van der Waals surface area (Å²) in [5, 5.41) is 2.84. The molecule has 1 amide bonds. The van der Waals surface area contributed by atoms with E-state index in [9.17, 15) is 9.18 Å². The largest absolute Gasteiger partial charge is 0.320 e. The van der Waals surface area contributed by atoms with Gasteiger partial charge in [0.15, 0.2) is 0 Å². The molecule has 3 nitrogen and oxygen atoms in total. The van der Waals surface area contributed by atoms with E-state index in [4.69, 9.17) is 17.3 Å². The highest BCUT2D eigenvalue weighted by Gasteiger charge is 2.11. The summed E-state index contributed by atoms with van der Waals surface area (Å²) >= 11 is 7.12. The van der Waals surface area contributed by atoms with Crippen LogP contribution in [0, 0.1) is 17.7 Å². The summed E-state index contributed by atoms with van der Waals surface area (Å²) in [5.41, 5.74) is 5.51. The van der Waals surface area contributed by atoms with Gasteiger partial charge in [0.05, 0.1) is 27.0 Å². The number of hydrogen-bond donors (Lipinski definition) is 2. The quantitative estimate of drug-likeness (QED) is 0.838. The highest BCUT2D eigenvalue weighted by atomic mass is 35.5. The molecule has 0 saturated heterocycles. The Kier molecular flexibility index (Phi) is 4.74. The lowest BCUT2D eigenvalue weighted by Crippen LogP contribution is -2.10. The third-order valence-electron chi connectivity index (χ3n) is 2.32. The molecule has 0 atom stereocenters. The second kappa shape index (κ2) is 6.53. The fourth-order valence-corrected chi connectivity index (χ4v) is 2.38. The zero-order valence-electron chi connectivity index (χ0n) is 10.2. The van der Waals surface area contributed by atoms with Gasteiger partial charge in [0.25, 0.3) is 5.91 Å². The molecule has 2 rings (SSSR count). The molecule has 20 heavy (non-hydrogen) atoms. The van der Waals surface area contributed by atoms with Crippen molar-refractivity contribution in [2.75, 3.05) is 11.9 Å². The molecule has 1 aromatic heterocycles. The Hall–Kier alpha value is -1.87. The summed E-state index contributed by atoms with van der Waals surface area (Å²) < 4.78 is 13.1. The summed E-state index contributed by atoms with van der Waals surface area (Å²) in [6, 6.07) is 7.16. The van der Waals surface area contributed by atoms with Crippen molar-refractivity contribution in [2.24, 2.45) is 5.73 Å². The molecule has 102 valence electrons. The number of anilines is 1. The molecular formula is C14H10ClFN2OS. The van der Waals surface area contributed by atoms with Crippen molar-refractivity contribution in [2.45, 2.75) is 0 Å². The molecule has 0 aliphatic carbocycles. The first-order valence-electron chi connectivity index (χ1n) is 5.65. The van der Waals surface area contributed by atoms with Crippen LogP contribution in [0.15, 0.2) is 30.3 Å². The van der Waals surface area contributed by atoms with Gasteiger partial charge in [-0.3, -0.25) is 4.79 Å². The van der Waals surface area contributed by atoms with E-state index in [0.29, 0.717) is 4.88 Å². The highest BCUT2D eigenvalue weighted by molar-refractivity contribution is 7.14. The zero-order chi connectivity index (χ0) is 14.5. The van der Waals surface area contributed by atoms with Crippen molar-refractivity contribution in [3.05, 3.63) is 50.9 Å². The van der Waals surface area contributed by atoms with E-state index in [1.807, 2.05) is 0 Å². The Labute approximate surface area is 124 Å². The maximum absolute atomic E-state index is 13.1. The van der Waals surface area contributed by atoms with Crippen molar-refractivity contribution < 1.29 is 9.18 Å². The van der Waals surface area contributed by atoms with Gasteiger partial charge in [-0.2, -0.15) is 0 Å². The average Bonchev–Trinajstić information content (AvgIpc) is 2.89. The van der Waals surface area contributed by atoms with E-state index < -0.39 is 5.82 Å². The zero-order valence-corrected chi connectivity index (χ0v) is 11.8. The van der Waals surface area contributed by atoms with Gasteiger partial charge in [-0.1, -0.05) is 23.4 Å². The predicted octanol–water partition coefficient (Wildman–Crippen LogP) is 3.10. The second-order valence-electron chi connectivity index (χ2n) is 3.75. The summed E-state index contributed by atoms with van der Waals surface area (Å²) in [5.74, 6) is 4.72. The SMILES string of the molecule is NCC#Cc1ccc(C(=O)Nc2cc(F)ccc2Cl)s1. The fraction of sp³-hybridized carbons (Fsp3) is 0.0714. The molecule has 3 N–H and O–H groups in total. The number of nitrogens with one attached hydrogen (secondary N) is 1. The number of hydrogen-bond acceptors (Lipinski definition) is 3. The van der Waals surface area contributed by atoms with Crippen molar-refractivity contribution in [1.29, 1.82) is 0 Å². The van der Waals surface area contributed by atoms with Crippen LogP contribution in [0.1, 0.15) is 14.5 Å². The first kappa shape index (κ1) is 14.5. The lowest BCUT2D eigenvalue weighted by molar-refractivity contribution is 0.103. The minimum atomic E-state index is -0.467. The predicted molar refractivity (Wildman–Crippen MR) is 79.6 cm³/mol. The van der Waals surface area contributed by atoms with Gasteiger partial charge in [-0.15, -0.1) is 11.3 Å². The van der Waals surface area contributed by atoms with Crippen LogP contribution in [0.5, 0.6) is 0 Å². The fourth-order valence-electron chi connectivity index (χ4n) is 1.44. The average molecular weight is 309 g/mol. The van der Waals surface area contributed by atoms with Gasteiger partial charge in [-0.25, -0.2) is 4.39 Å². The van der Waals surface area contributed by atoms with Crippen LogP contribution in [0.2, 0.25) is 5.02 Å². The van der Waals surface area contributed by atoms with Gasteiger partial charge in [0.1, 0.15) is 5.82 Å². The van der Waals surface area contributed by atoms with E-state index in [-0.39, 0.29) is 23.2 Å². The number of thiophene rings is 1. The van der Waals surface area contributed by atoms with Crippen LogP contribution in [0.25, 0.3) is 0 Å². The molecule has 0 spiro atoms. The van der Waals surface area contributed by atoms with Gasteiger partial charge < -0.3 is 11.1 Å². The van der Waals surface area contributed by atoms with Gasteiger partial charge in [-0.05, 0) is 30.3 Å². The maximum atomic E-state index is 13.1. The number of nitrogens with two attached hydrogens (primary N) is 1. The standard InChI is InChI=1S/C14H10ClFN2OS/c15-11-5-3-9(16)8-12(11)18-14(19)13-6-4-10(20-13)2-1-7-17/h3-6,8H,7,17H2,(H,18,19). The van der Waals surface area contributed by atoms with Crippen molar-refractivity contribution >= 4 is 34.5 Å². The molecule has 0 saturated carbocycles. The van der Waals surface area contributed by atoms with E-state index in [2.05, 4.69) is 17.2 Å². The molecule has 1 aromatic carbocycles. The molecule has 0 aliphatic rings. The van der Waals surface area contributed by atoms with Crippen molar-refractivity contribution in [3.8, 4) is 11.8 Å². The van der Waals surface area contributed by atoms with Gasteiger partial charge in [0.2, 0.25) is 0 Å². The lowest BCUT2D eigenvalue weighted by Gasteiger charge is -2.05. The van der Waals surface area contributed by atoms with E-state index in [0.717, 1.165) is 4.88 Å². The molecule has 0 bridgehead atoms. The number of rotatable bonds is 2. The molecule has 1 heterocycles. The van der Waals surface area contributed by atoms with Gasteiger partial charge >= 0.3 is 0 Å². The van der Waals surface area contributed by atoms with Crippen LogP contribution >= 0.6 is 22.9 Å². The van der Waals surface area contributed by atoms with E-state index in [1.165, 1.54) is 29.5 Å². The first-order chi connectivity index (χ1) is 9.60. The van der Waals surface area contributed by atoms with Crippen LogP contribution in [-0.2, 0) is 0 Å². The molecule has 0 aliphatic heterocycles. The Morgan fingerprint density at radius 2 is 2.20 bits per heavy atom. The van der Waals surface area contributed by atoms with Crippen LogP contribution in [-0.4, -0.2) is 12.5 Å². The maximum Gasteiger partial charge on any atom is 0.265 e. The molecule has 0 unspecified atom stereocenters. The molecule has 0 fully saturated rings. The molecular weight excluding hydrogens is 299 g/mol. The second-order valence-corrected chi connectivity index (χ2v) is 5.24. The monoisotopic (exact) mass is 308 g/mol. The molecule has 2 aromatic rings.